The van der Waals surface area contributed by atoms with Gasteiger partial charge in [-0.05, 0) is 18.8 Å². The Morgan fingerprint density at radius 3 is 2.37 bits per heavy atom. The van der Waals surface area contributed by atoms with E-state index < -0.39 is 17.1 Å². The number of ketones is 1. The van der Waals surface area contributed by atoms with Crippen LogP contribution in [-0.4, -0.2) is 31.1 Å². The van der Waals surface area contributed by atoms with E-state index in [4.69, 9.17) is 9.47 Å². The molecule has 0 amide bonds. The van der Waals surface area contributed by atoms with Crippen molar-refractivity contribution in [2.24, 2.45) is 22.7 Å². The third kappa shape index (κ3) is 1.47. The molecule has 3 atom stereocenters. The summed E-state index contributed by atoms with van der Waals surface area (Å²) in [6.07, 6.45) is 2.96. The summed E-state index contributed by atoms with van der Waals surface area (Å²) in [5, 5.41) is 0. The van der Waals surface area contributed by atoms with Gasteiger partial charge < -0.3 is 14.3 Å². The molecule has 0 N–H and O–H groups in total. The van der Waals surface area contributed by atoms with Crippen molar-refractivity contribution in [2.75, 3.05) is 13.2 Å². The Bertz CT molecular complexity index is 422. The first-order valence-corrected chi connectivity index (χ1v) is 7.15. The molecule has 3 aliphatic rings. The molecule has 0 aromatic carbocycles. The molecule has 1 spiro atoms. The van der Waals surface area contributed by atoms with Gasteiger partial charge in [-0.15, -0.1) is 0 Å². The van der Waals surface area contributed by atoms with Gasteiger partial charge in [-0.1, -0.05) is 20.8 Å². The predicted octanol–water partition coefficient (Wildman–Crippen LogP) is 1.96. The second-order valence-electron chi connectivity index (χ2n) is 6.98. The van der Waals surface area contributed by atoms with E-state index in [-0.39, 0.29) is 17.1 Å². The maximum Gasteiger partial charge on any atom is 0.173 e. The first-order chi connectivity index (χ1) is 8.87. The highest BCUT2D eigenvalue weighted by Gasteiger charge is 2.67. The minimum absolute atomic E-state index is 0.119. The molecule has 1 unspecified atom stereocenters. The number of hydrogen-bond donors (Lipinski definition) is 0. The van der Waals surface area contributed by atoms with Crippen LogP contribution in [0.2, 0.25) is 0 Å². The van der Waals surface area contributed by atoms with Crippen LogP contribution >= 0.6 is 0 Å². The Labute approximate surface area is 113 Å². The zero-order valence-corrected chi connectivity index (χ0v) is 11.9. The number of aldehydes is 1. The molecule has 0 aromatic rings. The average molecular weight is 266 g/mol. The van der Waals surface area contributed by atoms with Crippen molar-refractivity contribution >= 4 is 12.1 Å². The van der Waals surface area contributed by atoms with E-state index in [1.807, 2.05) is 6.92 Å². The molecule has 0 bridgehead atoms. The lowest BCUT2D eigenvalue weighted by Gasteiger charge is -2.55. The monoisotopic (exact) mass is 266 g/mol. The van der Waals surface area contributed by atoms with Crippen LogP contribution in [0.25, 0.3) is 0 Å². The van der Waals surface area contributed by atoms with Crippen LogP contribution in [-0.2, 0) is 19.1 Å². The van der Waals surface area contributed by atoms with Gasteiger partial charge in [-0.2, -0.15) is 0 Å². The number of Topliss-reactive ketones (excluding diaryl/α,β-unsaturated/α-hetero) is 1. The lowest BCUT2D eigenvalue weighted by atomic mass is 9.55. The number of fused-ring (bicyclic) bond motifs is 1. The average Bonchev–Trinajstić information content (AvgIpc) is 2.93. The highest BCUT2D eigenvalue weighted by Crippen LogP contribution is 2.63. The first-order valence-electron chi connectivity index (χ1n) is 7.15. The van der Waals surface area contributed by atoms with Gasteiger partial charge in [0.15, 0.2) is 5.79 Å². The third-order valence-corrected chi connectivity index (χ3v) is 5.90. The van der Waals surface area contributed by atoms with Crippen LogP contribution in [0.15, 0.2) is 0 Å². The maximum absolute atomic E-state index is 12.5. The minimum Gasteiger partial charge on any atom is -0.347 e. The Hall–Kier alpha value is -0.740. The molecule has 4 heteroatoms. The molecule has 0 radical (unpaired) electrons. The first kappa shape index (κ1) is 13.3. The lowest BCUT2D eigenvalue weighted by molar-refractivity contribution is -0.276. The van der Waals surface area contributed by atoms with E-state index in [0.717, 1.165) is 19.1 Å². The fourth-order valence-electron chi connectivity index (χ4n) is 4.71. The second kappa shape index (κ2) is 3.89. The Balaban J connectivity index is 2.01. The fourth-order valence-corrected chi connectivity index (χ4v) is 4.71. The van der Waals surface area contributed by atoms with E-state index in [2.05, 4.69) is 13.8 Å². The van der Waals surface area contributed by atoms with E-state index in [1.165, 1.54) is 0 Å². The number of carbonyl (C=O) groups excluding carboxylic acids is 2. The zero-order valence-electron chi connectivity index (χ0n) is 11.9. The fraction of sp³-hybridized carbons (Fsp3) is 0.867. The van der Waals surface area contributed by atoms with E-state index in [0.29, 0.717) is 19.6 Å². The summed E-state index contributed by atoms with van der Waals surface area (Å²) >= 11 is 0. The summed E-state index contributed by atoms with van der Waals surface area (Å²) < 4.78 is 11.9. The molecular weight excluding hydrogens is 244 g/mol. The van der Waals surface area contributed by atoms with Crippen LogP contribution in [0.3, 0.4) is 0 Å². The highest BCUT2D eigenvalue weighted by atomic mass is 16.7. The summed E-state index contributed by atoms with van der Waals surface area (Å²) in [5.41, 5.74) is -0.639. The van der Waals surface area contributed by atoms with Crippen molar-refractivity contribution in [3.8, 4) is 0 Å². The van der Waals surface area contributed by atoms with Crippen molar-refractivity contribution in [2.45, 2.75) is 45.8 Å². The molecule has 2 saturated carbocycles. The largest absolute Gasteiger partial charge is 0.347 e. The van der Waals surface area contributed by atoms with E-state index in [1.54, 1.807) is 0 Å². The third-order valence-electron chi connectivity index (χ3n) is 5.90. The molecule has 1 saturated heterocycles. The topological polar surface area (TPSA) is 52.6 Å². The molecular formula is C15H22O4. The molecule has 4 nitrogen and oxygen atoms in total. The summed E-state index contributed by atoms with van der Waals surface area (Å²) in [4.78, 5) is 23.6. The van der Waals surface area contributed by atoms with E-state index >= 15 is 0 Å². The molecule has 1 heterocycles. The summed E-state index contributed by atoms with van der Waals surface area (Å²) in [6.45, 7) is 7.52. The number of ether oxygens (including phenoxy) is 2. The number of rotatable bonds is 1. The summed E-state index contributed by atoms with van der Waals surface area (Å²) in [6, 6.07) is 0. The van der Waals surface area contributed by atoms with Crippen molar-refractivity contribution in [3.05, 3.63) is 0 Å². The number of carbonyl (C=O) groups is 2. The SMILES string of the molecule is CC1(C)[C@H]2CC(C=O)C(=O)[C@@]2(C)CCC12OCCO2. The van der Waals surface area contributed by atoms with Crippen LogP contribution in [0.4, 0.5) is 0 Å². The standard InChI is InChI=1S/C15H22O4/c1-13(2)11-8-10(9-16)12(17)14(11,3)4-5-15(13)18-6-7-19-15/h9-11H,4-8H2,1-3H3/t10?,11-,14+/m1/s1. The van der Waals surface area contributed by atoms with Crippen molar-refractivity contribution in [1.82, 2.24) is 0 Å². The smallest absolute Gasteiger partial charge is 0.173 e. The molecule has 2 aliphatic carbocycles. The van der Waals surface area contributed by atoms with Gasteiger partial charge in [0.1, 0.15) is 12.1 Å². The maximum atomic E-state index is 12.5. The van der Waals surface area contributed by atoms with Gasteiger partial charge in [0.05, 0.1) is 19.1 Å². The summed E-state index contributed by atoms with van der Waals surface area (Å²) in [5.74, 6) is -0.733. The molecule has 0 aromatic heterocycles. The Morgan fingerprint density at radius 1 is 1.16 bits per heavy atom. The van der Waals surface area contributed by atoms with Gasteiger partial charge in [-0.3, -0.25) is 4.79 Å². The van der Waals surface area contributed by atoms with Crippen LogP contribution in [0, 0.1) is 22.7 Å². The minimum atomic E-state index is -0.560. The summed E-state index contributed by atoms with van der Waals surface area (Å²) in [7, 11) is 0. The quantitative estimate of drug-likeness (QED) is 0.538. The molecule has 3 fully saturated rings. The molecule has 3 rings (SSSR count). The molecule has 1 aliphatic heterocycles. The van der Waals surface area contributed by atoms with Crippen LogP contribution in [0.5, 0.6) is 0 Å². The van der Waals surface area contributed by atoms with Crippen molar-refractivity contribution in [1.29, 1.82) is 0 Å². The van der Waals surface area contributed by atoms with Gasteiger partial charge >= 0.3 is 0 Å². The van der Waals surface area contributed by atoms with Crippen LogP contribution in [0.1, 0.15) is 40.0 Å². The second-order valence-corrected chi connectivity index (χ2v) is 6.98. The Morgan fingerprint density at radius 2 is 1.79 bits per heavy atom. The van der Waals surface area contributed by atoms with Crippen LogP contribution < -0.4 is 0 Å². The van der Waals surface area contributed by atoms with Gasteiger partial charge in [0, 0.05) is 17.3 Å². The normalized spacial score (nSPS) is 43.4. The van der Waals surface area contributed by atoms with Crippen molar-refractivity contribution < 1.29 is 19.1 Å². The highest BCUT2D eigenvalue weighted by molar-refractivity contribution is 5.99. The lowest BCUT2D eigenvalue weighted by Crippen LogP contribution is -2.58. The van der Waals surface area contributed by atoms with Gasteiger partial charge in [0.2, 0.25) is 0 Å². The van der Waals surface area contributed by atoms with Crippen molar-refractivity contribution in [3.63, 3.8) is 0 Å². The Kier molecular flexibility index (Phi) is 2.71. The van der Waals surface area contributed by atoms with E-state index in [9.17, 15) is 9.59 Å². The predicted molar refractivity (Wildman–Crippen MR) is 68.4 cm³/mol. The molecule has 19 heavy (non-hydrogen) atoms. The van der Waals surface area contributed by atoms with Gasteiger partial charge in [0.25, 0.3) is 0 Å². The molecule has 106 valence electrons. The number of hydrogen-bond acceptors (Lipinski definition) is 4. The zero-order chi connectivity index (χ0) is 13.9. The van der Waals surface area contributed by atoms with Gasteiger partial charge in [-0.25, -0.2) is 0 Å².